The highest BCUT2D eigenvalue weighted by Gasteiger charge is 2.18. The Hall–Kier alpha value is -4.77. The molecule has 1 N–H and O–H groups in total. The average molecular weight is 440 g/mol. The van der Waals surface area contributed by atoms with Crippen LogP contribution in [0, 0.1) is 0 Å². The second-order valence-electron chi connectivity index (χ2n) is 7.97. The van der Waals surface area contributed by atoms with E-state index in [1.807, 2.05) is 42.6 Å². The van der Waals surface area contributed by atoms with Gasteiger partial charge in [-0.15, -0.1) is 5.10 Å². The van der Waals surface area contributed by atoms with Gasteiger partial charge in [0.2, 0.25) is 0 Å². The Morgan fingerprint density at radius 2 is 1.38 bits per heavy atom. The van der Waals surface area contributed by atoms with E-state index < -0.39 is 0 Å². The fourth-order valence-electron chi connectivity index (χ4n) is 4.39. The summed E-state index contributed by atoms with van der Waals surface area (Å²) in [5.74, 6) is 0.627. The van der Waals surface area contributed by atoms with Crippen LogP contribution in [-0.4, -0.2) is 21.0 Å². The van der Waals surface area contributed by atoms with Gasteiger partial charge in [0.25, 0.3) is 0 Å². The molecular formula is C29H21N5. The van der Waals surface area contributed by atoms with Crippen molar-refractivity contribution in [1.82, 2.24) is 14.8 Å². The van der Waals surface area contributed by atoms with Gasteiger partial charge in [-0.3, -0.25) is 5.43 Å². The summed E-state index contributed by atoms with van der Waals surface area (Å²) in [4.78, 5) is 0. The highest BCUT2D eigenvalue weighted by Crippen LogP contribution is 2.35. The molecule has 0 unspecified atom stereocenters. The molecule has 0 aliphatic carbocycles. The van der Waals surface area contributed by atoms with Crippen LogP contribution < -0.4 is 5.43 Å². The predicted octanol–water partition coefficient (Wildman–Crippen LogP) is 6.69. The van der Waals surface area contributed by atoms with Crippen LogP contribution in [0.5, 0.6) is 0 Å². The third-order valence-corrected chi connectivity index (χ3v) is 5.91. The van der Waals surface area contributed by atoms with Gasteiger partial charge in [0.05, 0.1) is 23.6 Å². The number of hydrogen-bond acceptors (Lipinski definition) is 4. The molecular weight excluding hydrogens is 418 g/mol. The summed E-state index contributed by atoms with van der Waals surface area (Å²) in [6, 6.07) is 37.3. The van der Waals surface area contributed by atoms with Gasteiger partial charge in [-0.25, -0.2) is 0 Å². The van der Waals surface area contributed by atoms with E-state index in [4.69, 9.17) is 0 Å². The van der Waals surface area contributed by atoms with Crippen molar-refractivity contribution in [3.8, 4) is 16.9 Å². The van der Waals surface area contributed by atoms with E-state index in [1.165, 1.54) is 0 Å². The van der Waals surface area contributed by atoms with Gasteiger partial charge in [-0.1, -0.05) is 91.0 Å². The summed E-state index contributed by atoms with van der Waals surface area (Å²) >= 11 is 0. The molecule has 5 nitrogen and oxygen atoms in total. The van der Waals surface area contributed by atoms with Crippen LogP contribution in [-0.2, 0) is 0 Å². The first-order valence-corrected chi connectivity index (χ1v) is 11.1. The summed E-state index contributed by atoms with van der Waals surface area (Å²) in [6.45, 7) is 0. The highest BCUT2D eigenvalue weighted by molar-refractivity contribution is 6.07. The molecule has 5 heteroatoms. The Bertz CT molecular complexity index is 1610. The average Bonchev–Trinajstić information content (AvgIpc) is 3.24. The largest absolute Gasteiger partial charge is 0.309 e. The first-order chi connectivity index (χ1) is 16.9. The van der Waals surface area contributed by atoms with Gasteiger partial charge in [-0.2, -0.15) is 10.2 Å². The molecule has 0 atom stereocenters. The van der Waals surface area contributed by atoms with E-state index in [-0.39, 0.29) is 0 Å². The van der Waals surface area contributed by atoms with Crippen LogP contribution in [0.25, 0.3) is 38.6 Å². The summed E-state index contributed by atoms with van der Waals surface area (Å²) < 4.78 is 2.30. The molecule has 2 aromatic heterocycles. The lowest BCUT2D eigenvalue weighted by Crippen LogP contribution is -1.99. The number of fused-ring (bicyclic) bond motifs is 2. The molecule has 0 saturated heterocycles. The quantitative estimate of drug-likeness (QED) is 0.241. The normalized spacial score (nSPS) is 11.4. The Morgan fingerprint density at radius 3 is 2.21 bits per heavy atom. The molecule has 0 spiro atoms. The number of nitrogens with zero attached hydrogens (tertiary/aromatic N) is 4. The first kappa shape index (κ1) is 19.9. The molecule has 0 saturated carbocycles. The maximum Gasteiger partial charge on any atom is 0.176 e. The minimum absolute atomic E-state index is 0.627. The van der Waals surface area contributed by atoms with Crippen molar-refractivity contribution in [2.75, 3.05) is 5.43 Å². The molecule has 162 valence electrons. The Balaban J connectivity index is 1.53. The molecule has 0 fully saturated rings. The molecule has 0 amide bonds. The molecule has 0 aliphatic rings. The first-order valence-electron chi connectivity index (χ1n) is 11.1. The highest BCUT2D eigenvalue weighted by atomic mass is 15.3. The lowest BCUT2D eigenvalue weighted by atomic mass is 10.1. The van der Waals surface area contributed by atoms with Crippen LogP contribution in [0.3, 0.4) is 0 Å². The summed E-state index contributed by atoms with van der Waals surface area (Å²) in [7, 11) is 0. The molecule has 2 heterocycles. The van der Waals surface area contributed by atoms with Crippen molar-refractivity contribution in [2.45, 2.75) is 0 Å². The molecule has 4 aromatic carbocycles. The summed E-state index contributed by atoms with van der Waals surface area (Å²) in [5.41, 5.74) is 8.58. The molecule has 6 aromatic rings. The lowest BCUT2D eigenvalue weighted by molar-refractivity contribution is 1.04. The van der Waals surface area contributed by atoms with Crippen LogP contribution in [0.15, 0.2) is 120 Å². The third kappa shape index (κ3) is 3.49. The number of hydrogen-bond donors (Lipinski definition) is 1. The maximum absolute atomic E-state index is 4.61. The SMILES string of the molecule is C(=N/Nc1nncc2ccccc12)/c1c(-c2ccccc2)n(-c2ccccc2)c2ccccc12. The molecule has 34 heavy (non-hydrogen) atoms. The number of benzene rings is 4. The predicted molar refractivity (Wildman–Crippen MR) is 139 cm³/mol. The minimum atomic E-state index is 0.627. The molecule has 0 radical (unpaired) electrons. The van der Waals surface area contributed by atoms with Crippen molar-refractivity contribution in [3.05, 3.63) is 121 Å². The topological polar surface area (TPSA) is 55.1 Å². The standard InChI is InChI=1S/C29H21N5/c1-3-11-21(12-4-1)28-26(20-31-33-29-24-16-8-7-13-22(24)19-30-32-29)25-17-9-10-18-27(25)34(28)23-14-5-2-6-15-23/h1-20H,(H,32,33)/b31-20-. The van der Waals surface area contributed by atoms with Gasteiger partial charge in [0.15, 0.2) is 5.82 Å². The van der Waals surface area contributed by atoms with Crippen LogP contribution in [0.2, 0.25) is 0 Å². The van der Waals surface area contributed by atoms with Crippen molar-refractivity contribution >= 4 is 33.7 Å². The Labute approximate surface area is 197 Å². The van der Waals surface area contributed by atoms with Crippen molar-refractivity contribution in [2.24, 2.45) is 5.10 Å². The smallest absolute Gasteiger partial charge is 0.176 e. The number of para-hydroxylation sites is 2. The van der Waals surface area contributed by atoms with Crippen molar-refractivity contribution in [3.63, 3.8) is 0 Å². The van der Waals surface area contributed by atoms with E-state index >= 15 is 0 Å². The Kier molecular flexibility index (Phi) is 5.05. The van der Waals surface area contributed by atoms with Crippen LogP contribution >= 0.6 is 0 Å². The lowest BCUT2D eigenvalue weighted by Gasteiger charge is -2.12. The van der Waals surface area contributed by atoms with E-state index in [1.54, 1.807) is 6.20 Å². The fraction of sp³-hybridized carbons (Fsp3) is 0. The number of nitrogens with one attached hydrogen (secondary N) is 1. The number of rotatable bonds is 5. The number of aromatic nitrogens is 3. The van der Waals surface area contributed by atoms with E-state index in [0.717, 1.165) is 44.2 Å². The fourth-order valence-corrected chi connectivity index (χ4v) is 4.39. The van der Waals surface area contributed by atoms with Gasteiger partial charge in [-0.05, 0) is 23.8 Å². The zero-order valence-electron chi connectivity index (χ0n) is 18.3. The van der Waals surface area contributed by atoms with Gasteiger partial charge < -0.3 is 4.57 Å². The summed E-state index contributed by atoms with van der Waals surface area (Å²) in [5, 5.41) is 16.1. The van der Waals surface area contributed by atoms with Crippen LogP contribution in [0.4, 0.5) is 5.82 Å². The molecule has 0 aliphatic heterocycles. The molecule has 6 rings (SSSR count). The van der Waals surface area contributed by atoms with E-state index in [0.29, 0.717) is 5.82 Å². The van der Waals surface area contributed by atoms with Gasteiger partial charge in [0.1, 0.15) is 0 Å². The third-order valence-electron chi connectivity index (χ3n) is 5.91. The second kappa shape index (κ2) is 8.64. The number of anilines is 1. The minimum Gasteiger partial charge on any atom is -0.309 e. The van der Waals surface area contributed by atoms with Crippen molar-refractivity contribution < 1.29 is 0 Å². The van der Waals surface area contributed by atoms with E-state index in [2.05, 4.69) is 98.1 Å². The van der Waals surface area contributed by atoms with Gasteiger partial charge in [0, 0.05) is 27.4 Å². The molecule has 0 bridgehead atoms. The zero-order chi connectivity index (χ0) is 22.7. The summed E-state index contributed by atoms with van der Waals surface area (Å²) in [6.07, 6.45) is 3.64. The second-order valence-corrected chi connectivity index (χ2v) is 7.97. The maximum atomic E-state index is 4.61. The van der Waals surface area contributed by atoms with E-state index in [9.17, 15) is 0 Å². The zero-order valence-corrected chi connectivity index (χ0v) is 18.3. The monoisotopic (exact) mass is 439 g/mol. The Morgan fingerprint density at radius 1 is 0.706 bits per heavy atom. The van der Waals surface area contributed by atoms with Crippen LogP contribution in [0.1, 0.15) is 5.56 Å². The number of hydrazone groups is 1. The van der Waals surface area contributed by atoms with Gasteiger partial charge >= 0.3 is 0 Å². The van der Waals surface area contributed by atoms with Crippen molar-refractivity contribution in [1.29, 1.82) is 0 Å².